The average molecular weight is 472 g/mol. The maximum Gasteiger partial charge on any atom is 0.330 e. The van der Waals surface area contributed by atoms with Crippen molar-refractivity contribution < 1.29 is 14.3 Å². The van der Waals surface area contributed by atoms with E-state index >= 15 is 0 Å². The smallest absolute Gasteiger partial charge is 0.330 e. The Morgan fingerprint density at radius 3 is 2.55 bits per heavy atom. The third-order valence-electron chi connectivity index (χ3n) is 4.83. The predicted molar refractivity (Wildman–Crippen MR) is 128 cm³/mol. The van der Waals surface area contributed by atoms with Crippen molar-refractivity contribution in [3.8, 4) is 0 Å². The molecule has 2 aromatic heterocycles. The van der Waals surface area contributed by atoms with Gasteiger partial charge in [0.2, 0.25) is 0 Å². The number of hydrogen-bond acceptors (Lipinski definition) is 7. The number of hydrogen-bond donors (Lipinski definition) is 3. The van der Waals surface area contributed by atoms with Gasteiger partial charge in [0.1, 0.15) is 5.82 Å². The van der Waals surface area contributed by atoms with Gasteiger partial charge >= 0.3 is 5.69 Å². The zero-order valence-corrected chi connectivity index (χ0v) is 19.1. The minimum atomic E-state index is -0.755. The zero-order chi connectivity index (χ0) is 24.0. The maximum atomic E-state index is 13.3. The molecule has 0 unspecified atom stereocenters. The van der Waals surface area contributed by atoms with E-state index in [1.165, 1.54) is 27.9 Å². The molecule has 0 radical (unpaired) electrons. The van der Waals surface area contributed by atoms with Crippen molar-refractivity contribution in [2.75, 3.05) is 36.2 Å². The van der Waals surface area contributed by atoms with Gasteiger partial charge in [-0.25, -0.2) is 4.79 Å². The van der Waals surface area contributed by atoms with E-state index in [9.17, 15) is 19.2 Å². The molecule has 0 aliphatic carbocycles. The van der Waals surface area contributed by atoms with E-state index in [0.717, 1.165) is 0 Å². The Kier molecular flexibility index (Phi) is 7.80. The van der Waals surface area contributed by atoms with Crippen LogP contribution in [0, 0.1) is 0 Å². The largest absolute Gasteiger partial charge is 0.383 e. The van der Waals surface area contributed by atoms with Crippen LogP contribution in [0.2, 0.25) is 0 Å². The van der Waals surface area contributed by atoms with Crippen LogP contribution >= 0.6 is 11.3 Å². The fourth-order valence-corrected chi connectivity index (χ4v) is 3.85. The van der Waals surface area contributed by atoms with Crippen LogP contribution in [0.1, 0.15) is 33.4 Å². The van der Waals surface area contributed by atoms with Crippen molar-refractivity contribution in [1.82, 2.24) is 9.55 Å². The molecule has 2 heterocycles. The summed E-state index contributed by atoms with van der Waals surface area (Å²) in [6.07, 6.45) is 0.611. The van der Waals surface area contributed by atoms with E-state index in [2.05, 4.69) is 10.3 Å². The van der Waals surface area contributed by atoms with Gasteiger partial charge < -0.3 is 15.8 Å². The number of thiophene rings is 1. The van der Waals surface area contributed by atoms with E-state index in [1.807, 2.05) is 12.3 Å². The number of nitrogen functional groups attached to an aromatic ring is 1. The molecule has 4 N–H and O–H groups in total. The molecule has 0 aliphatic rings. The summed E-state index contributed by atoms with van der Waals surface area (Å²) in [5.41, 5.74) is 5.44. The van der Waals surface area contributed by atoms with Gasteiger partial charge in [-0.1, -0.05) is 13.0 Å². The number of methoxy groups -OCH3 is 1. The number of amides is 2. The van der Waals surface area contributed by atoms with Gasteiger partial charge in [0.25, 0.3) is 17.4 Å². The average Bonchev–Trinajstić information content (AvgIpc) is 3.34. The number of carbonyl (C=O) groups excluding carboxylic acids is 2. The first-order valence-corrected chi connectivity index (χ1v) is 11.1. The van der Waals surface area contributed by atoms with Crippen LogP contribution in [0.25, 0.3) is 0 Å². The summed E-state index contributed by atoms with van der Waals surface area (Å²) in [6.45, 7) is 2.35. The summed E-state index contributed by atoms with van der Waals surface area (Å²) in [7, 11) is 1.47. The molecule has 0 atom stereocenters. The number of H-pyrrole nitrogens is 1. The fourth-order valence-electron chi connectivity index (χ4n) is 3.23. The summed E-state index contributed by atoms with van der Waals surface area (Å²) in [5, 5.41) is 4.57. The molecule has 3 rings (SSSR count). The Hall–Kier alpha value is -3.70. The summed E-state index contributed by atoms with van der Waals surface area (Å²) >= 11 is 1.32. The first-order chi connectivity index (χ1) is 15.9. The molecule has 0 saturated heterocycles. The van der Waals surface area contributed by atoms with Gasteiger partial charge in [0.05, 0.1) is 11.5 Å². The number of nitrogens with zero attached hydrogens (tertiary/aromatic N) is 2. The Morgan fingerprint density at radius 2 is 1.94 bits per heavy atom. The Balaban J connectivity index is 1.92. The molecule has 0 aliphatic heterocycles. The van der Waals surface area contributed by atoms with E-state index in [4.69, 9.17) is 10.5 Å². The highest BCUT2D eigenvalue weighted by atomic mass is 32.1. The molecule has 174 valence electrons. The summed E-state index contributed by atoms with van der Waals surface area (Å²) < 4.78 is 6.33. The molecular weight excluding hydrogens is 446 g/mol. The number of benzene rings is 1. The number of aromatic nitrogens is 2. The van der Waals surface area contributed by atoms with Crippen molar-refractivity contribution in [3.05, 3.63) is 73.1 Å². The fraction of sp³-hybridized carbons (Fsp3) is 0.273. The van der Waals surface area contributed by atoms with Crippen molar-refractivity contribution in [2.45, 2.75) is 19.9 Å². The summed E-state index contributed by atoms with van der Waals surface area (Å²) in [5.74, 6) is -0.833. The number of aromatic amines is 1. The van der Waals surface area contributed by atoms with Crippen LogP contribution in [0.4, 0.5) is 17.2 Å². The lowest BCUT2D eigenvalue weighted by Gasteiger charge is -2.24. The van der Waals surface area contributed by atoms with Crippen LogP contribution in [0.15, 0.2) is 51.4 Å². The summed E-state index contributed by atoms with van der Waals surface area (Å²) in [4.78, 5) is 54.3. The molecule has 0 bridgehead atoms. The van der Waals surface area contributed by atoms with E-state index in [0.29, 0.717) is 23.5 Å². The molecule has 2 amide bonds. The number of nitrogens with two attached hydrogens (primary N) is 1. The normalized spacial score (nSPS) is 10.7. The van der Waals surface area contributed by atoms with Crippen LogP contribution in [0.5, 0.6) is 0 Å². The lowest BCUT2D eigenvalue weighted by atomic mass is 10.1. The highest BCUT2D eigenvalue weighted by Gasteiger charge is 2.25. The van der Waals surface area contributed by atoms with Crippen LogP contribution in [-0.4, -0.2) is 41.6 Å². The number of nitrogens with one attached hydrogen (secondary N) is 2. The van der Waals surface area contributed by atoms with E-state index < -0.39 is 17.2 Å². The number of rotatable bonds is 9. The van der Waals surface area contributed by atoms with Crippen LogP contribution in [-0.2, 0) is 11.3 Å². The second-order valence-corrected chi connectivity index (χ2v) is 8.05. The minimum absolute atomic E-state index is 0.0454. The third-order valence-corrected chi connectivity index (χ3v) is 5.70. The van der Waals surface area contributed by atoms with Gasteiger partial charge in [0, 0.05) is 31.5 Å². The quantitative estimate of drug-likeness (QED) is 0.437. The van der Waals surface area contributed by atoms with E-state index in [1.54, 1.807) is 36.4 Å². The maximum absolute atomic E-state index is 13.3. The second kappa shape index (κ2) is 10.7. The minimum Gasteiger partial charge on any atom is -0.383 e. The van der Waals surface area contributed by atoms with Gasteiger partial charge in [0.15, 0.2) is 5.69 Å². The van der Waals surface area contributed by atoms with Crippen molar-refractivity contribution in [2.24, 2.45) is 0 Å². The SMILES string of the molecule is CCCn1c(N)c(N(CCOC)C(=O)c2ccc(NC(=O)c3cccs3)cc2)c(=O)[nH]c1=O. The van der Waals surface area contributed by atoms with Crippen molar-refractivity contribution in [3.63, 3.8) is 0 Å². The molecule has 10 nitrogen and oxygen atoms in total. The second-order valence-electron chi connectivity index (χ2n) is 7.10. The standard InChI is InChI=1S/C22H25N5O5S/c1-3-10-27-18(23)17(20(29)25-22(27)31)26(11-12-32-2)21(30)14-6-8-15(9-7-14)24-19(28)16-5-4-13-33-16/h4-9,13H,3,10-12,23H2,1-2H3,(H,24,28)(H,25,29,31). The van der Waals surface area contributed by atoms with Gasteiger partial charge in [-0.3, -0.25) is 28.8 Å². The van der Waals surface area contributed by atoms with Gasteiger partial charge in [-0.05, 0) is 42.1 Å². The number of ether oxygens (including phenoxy) is 1. The lowest BCUT2D eigenvalue weighted by molar-refractivity contribution is 0.0974. The monoisotopic (exact) mass is 471 g/mol. The van der Waals surface area contributed by atoms with Crippen LogP contribution < -0.4 is 27.2 Å². The molecule has 1 aromatic carbocycles. The number of carbonyl (C=O) groups is 2. The molecule has 33 heavy (non-hydrogen) atoms. The highest BCUT2D eigenvalue weighted by molar-refractivity contribution is 7.12. The van der Waals surface area contributed by atoms with Gasteiger partial charge in [-0.15, -0.1) is 11.3 Å². The number of anilines is 3. The first kappa shape index (κ1) is 24.0. The predicted octanol–water partition coefficient (Wildman–Crippen LogP) is 2.14. The van der Waals surface area contributed by atoms with Gasteiger partial charge in [-0.2, -0.15) is 0 Å². The molecule has 0 spiro atoms. The first-order valence-electron chi connectivity index (χ1n) is 10.3. The van der Waals surface area contributed by atoms with Crippen molar-refractivity contribution in [1.29, 1.82) is 0 Å². The molecule has 0 fully saturated rings. The Bertz CT molecular complexity index is 1230. The topological polar surface area (TPSA) is 140 Å². The zero-order valence-electron chi connectivity index (χ0n) is 18.3. The molecular formula is C22H25N5O5S. The van der Waals surface area contributed by atoms with E-state index in [-0.39, 0.29) is 36.1 Å². The summed E-state index contributed by atoms with van der Waals surface area (Å²) in [6, 6.07) is 9.77. The van der Waals surface area contributed by atoms with Crippen LogP contribution in [0.3, 0.4) is 0 Å². The molecule has 11 heteroatoms. The lowest BCUT2D eigenvalue weighted by Crippen LogP contribution is -2.42. The third kappa shape index (κ3) is 5.38. The Labute approximate surface area is 193 Å². The Morgan fingerprint density at radius 1 is 1.21 bits per heavy atom. The molecule has 0 saturated carbocycles. The molecule has 3 aromatic rings. The van der Waals surface area contributed by atoms with Crippen molar-refractivity contribution >= 4 is 40.3 Å². The highest BCUT2D eigenvalue weighted by Crippen LogP contribution is 2.21.